The third-order valence-corrected chi connectivity index (χ3v) is 3.60. The van der Waals surface area contributed by atoms with E-state index < -0.39 is 0 Å². The second kappa shape index (κ2) is 8.60. The summed E-state index contributed by atoms with van der Waals surface area (Å²) in [7, 11) is 0. The summed E-state index contributed by atoms with van der Waals surface area (Å²) < 4.78 is 11.2. The van der Waals surface area contributed by atoms with Gasteiger partial charge in [0.25, 0.3) is 5.56 Å². The van der Waals surface area contributed by atoms with E-state index in [1.165, 1.54) is 0 Å². The highest BCUT2D eigenvalue weighted by Gasteiger charge is 2.12. The van der Waals surface area contributed by atoms with E-state index in [-0.39, 0.29) is 11.7 Å². The highest BCUT2D eigenvalue weighted by atomic mass is 16.5. The van der Waals surface area contributed by atoms with Crippen LogP contribution in [0.5, 0.6) is 0 Å². The predicted octanol–water partition coefficient (Wildman–Crippen LogP) is 2.78. The first kappa shape index (κ1) is 17.4. The molecule has 1 heterocycles. The van der Waals surface area contributed by atoms with Crippen LogP contribution in [0.3, 0.4) is 0 Å². The lowest BCUT2D eigenvalue weighted by Gasteiger charge is -2.17. The fourth-order valence-corrected chi connectivity index (χ4v) is 2.43. The minimum absolute atomic E-state index is 0.0550. The topological polar surface area (TPSA) is 64.2 Å². The highest BCUT2D eigenvalue weighted by molar-refractivity contribution is 5.29. The molecule has 2 aromatic rings. The normalized spacial score (nSPS) is 12.3. The Labute approximate surface area is 136 Å². The molecule has 5 heteroatoms. The fraction of sp³-hybridized carbons (Fsp3) is 0.444. The van der Waals surface area contributed by atoms with Crippen LogP contribution in [0.1, 0.15) is 42.3 Å². The van der Waals surface area contributed by atoms with Gasteiger partial charge in [0.05, 0.1) is 12.3 Å². The zero-order valence-electron chi connectivity index (χ0n) is 14.0. The van der Waals surface area contributed by atoms with E-state index in [4.69, 9.17) is 9.47 Å². The average Bonchev–Trinajstić information content (AvgIpc) is 2.56. The van der Waals surface area contributed by atoms with E-state index in [0.29, 0.717) is 26.2 Å². The van der Waals surface area contributed by atoms with E-state index in [9.17, 15) is 4.79 Å². The van der Waals surface area contributed by atoms with Gasteiger partial charge in [-0.3, -0.25) is 4.79 Å². The van der Waals surface area contributed by atoms with Crippen LogP contribution < -0.4 is 5.56 Å². The Morgan fingerprint density at radius 1 is 1.17 bits per heavy atom. The van der Waals surface area contributed by atoms with E-state index >= 15 is 0 Å². The Balaban J connectivity index is 2.11. The zero-order valence-corrected chi connectivity index (χ0v) is 14.0. The van der Waals surface area contributed by atoms with Gasteiger partial charge in [-0.25, -0.2) is 5.10 Å². The minimum atomic E-state index is -0.136. The lowest BCUT2D eigenvalue weighted by Crippen LogP contribution is -2.15. The number of rotatable bonds is 8. The number of benzene rings is 1. The van der Waals surface area contributed by atoms with Gasteiger partial charge >= 0.3 is 0 Å². The molecule has 124 valence electrons. The van der Waals surface area contributed by atoms with Crippen molar-refractivity contribution in [3.8, 4) is 0 Å². The molecule has 2 rings (SSSR count). The molecule has 0 radical (unpaired) electrons. The van der Waals surface area contributed by atoms with Crippen molar-refractivity contribution in [2.45, 2.75) is 33.3 Å². The number of hydrogen-bond donors (Lipinski definition) is 1. The van der Waals surface area contributed by atoms with Crippen molar-refractivity contribution in [2.75, 3.05) is 19.8 Å². The van der Waals surface area contributed by atoms with E-state index in [1.807, 2.05) is 51.1 Å². The summed E-state index contributed by atoms with van der Waals surface area (Å²) >= 11 is 0. The number of nitrogens with zero attached hydrogens (tertiary/aromatic N) is 1. The fourth-order valence-electron chi connectivity index (χ4n) is 2.43. The van der Waals surface area contributed by atoms with Crippen molar-refractivity contribution in [3.63, 3.8) is 0 Å². The molecule has 1 atom stereocenters. The third kappa shape index (κ3) is 5.01. The third-order valence-electron chi connectivity index (χ3n) is 3.60. The summed E-state index contributed by atoms with van der Waals surface area (Å²) in [6, 6.07) is 9.96. The SMILES string of the molecule is CCOC[C@H](OCC)c1ccc(Cc2cc(C)n[nH]c2=O)cc1. The zero-order chi connectivity index (χ0) is 16.7. The smallest absolute Gasteiger partial charge is 0.267 e. The maximum Gasteiger partial charge on any atom is 0.267 e. The number of aromatic amines is 1. The predicted molar refractivity (Wildman–Crippen MR) is 89.7 cm³/mol. The van der Waals surface area contributed by atoms with Gasteiger partial charge in [-0.15, -0.1) is 0 Å². The molecule has 0 fully saturated rings. The van der Waals surface area contributed by atoms with Gasteiger partial charge in [0, 0.05) is 25.2 Å². The van der Waals surface area contributed by atoms with Gasteiger partial charge < -0.3 is 9.47 Å². The molecule has 1 aromatic carbocycles. The molecule has 0 saturated heterocycles. The van der Waals surface area contributed by atoms with Crippen LogP contribution in [-0.4, -0.2) is 30.0 Å². The first-order chi connectivity index (χ1) is 11.1. The summed E-state index contributed by atoms with van der Waals surface area (Å²) in [6.45, 7) is 7.68. The molecule has 0 aliphatic rings. The van der Waals surface area contributed by atoms with Crippen LogP contribution in [0.25, 0.3) is 0 Å². The molecular weight excluding hydrogens is 292 g/mol. The summed E-state index contributed by atoms with van der Waals surface area (Å²) in [5.41, 5.74) is 3.56. The monoisotopic (exact) mass is 316 g/mol. The van der Waals surface area contributed by atoms with Gasteiger partial charge in [0.1, 0.15) is 6.10 Å². The van der Waals surface area contributed by atoms with Crippen LogP contribution in [0.15, 0.2) is 35.1 Å². The molecule has 0 aliphatic carbocycles. The minimum Gasteiger partial charge on any atom is -0.379 e. The Morgan fingerprint density at radius 2 is 1.91 bits per heavy atom. The van der Waals surface area contributed by atoms with Gasteiger partial charge in [0.2, 0.25) is 0 Å². The molecule has 23 heavy (non-hydrogen) atoms. The number of H-pyrrole nitrogens is 1. The van der Waals surface area contributed by atoms with E-state index in [1.54, 1.807) is 0 Å². The summed E-state index contributed by atoms with van der Waals surface area (Å²) in [6.07, 6.45) is 0.532. The molecule has 1 aromatic heterocycles. The summed E-state index contributed by atoms with van der Waals surface area (Å²) in [5.74, 6) is 0. The standard InChI is InChI=1S/C18H24N2O3/c1-4-22-12-17(23-5-2)15-8-6-14(7-9-15)11-16-10-13(3)19-20-18(16)21/h6-10,17H,4-5,11-12H2,1-3H3,(H,20,21)/t17-/m0/s1. The van der Waals surface area contributed by atoms with Crippen LogP contribution in [0.4, 0.5) is 0 Å². The van der Waals surface area contributed by atoms with Crippen LogP contribution in [0, 0.1) is 6.92 Å². The lowest BCUT2D eigenvalue weighted by atomic mass is 10.0. The van der Waals surface area contributed by atoms with Gasteiger partial charge in [-0.05, 0) is 38.0 Å². The maximum atomic E-state index is 11.8. The molecule has 0 bridgehead atoms. The second-order valence-corrected chi connectivity index (χ2v) is 5.39. The molecule has 0 saturated carbocycles. The van der Waals surface area contributed by atoms with E-state index in [2.05, 4.69) is 10.2 Å². The number of aryl methyl sites for hydroxylation is 1. The molecular formula is C18H24N2O3. The molecule has 5 nitrogen and oxygen atoms in total. The first-order valence-electron chi connectivity index (χ1n) is 7.97. The van der Waals surface area contributed by atoms with Crippen LogP contribution in [0.2, 0.25) is 0 Å². The Kier molecular flexibility index (Phi) is 6.50. The number of aromatic nitrogens is 2. The quantitative estimate of drug-likeness (QED) is 0.813. The number of nitrogens with one attached hydrogen (secondary N) is 1. The lowest BCUT2D eigenvalue weighted by molar-refractivity contribution is -0.00974. The number of hydrogen-bond acceptors (Lipinski definition) is 4. The number of ether oxygens (including phenoxy) is 2. The highest BCUT2D eigenvalue weighted by Crippen LogP contribution is 2.19. The van der Waals surface area contributed by atoms with Crippen molar-refractivity contribution < 1.29 is 9.47 Å². The second-order valence-electron chi connectivity index (χ2n) is 5.39. The Hall–Kier alpha value is -1.98. The average molecular weight is 316 g/mol. The van der Waals surface area contributed by atoms with E-state index in [0.717, 1.165) is 22.4 Å². The van der Waals surface area contributed by atoms with Crippen LogP contribution >= 0.6 is 0 Å². The molecule has 0 spiro atoms. The maximum absolute atomic E-state index is 11.8. The van der Waals surface area contributed by atoms with Crippen molar-refractivity contribution in [1.82, 2.24) is 10.2 Å². The van der Waals surface area contributed by atoms with Gasteiger partial charge in [-0.2, -0.15) is 5.10 Å². The van der Waals surface area contributed by atoms with Crippen LogP contribution in [-0.2, 0) is 15.9 Å². The molecule has 1 N–H and O–H groups in total. The molecule has 0 amide bonds. The van der Waals surface area contributed by atoms with Gasteiger partial charge in [0.15, 0.2) is 0 Å². The Morgan fingerprint density at radius 3 is 2.57 bits per heavy atom. The first-order valence-corrected chi connectivity index (χ1v) is 7.97. The Bertz CT molecular complexity index is 665. The largest absolute Gasteiger partial charge is 0.379 e. The molecule has 0 aliphatic heterocycles. The van der Waals surface area contributed by atoms with Crippen molar-refractivity contribution in [3.05, 3.63) is 63.1 Å². The van der Waals surface area contributed by atoms with Gasteiger partial charge in [-0.1, -0.05) is 24.3 Å². The van der Waals surface area contributed by atoms with Crippen molar-refractivity contribution in [1.29, 1.82) is 0 Å². The molecule has 0 unspecified atom stereocenters. The van der Waals surface area contributed by atoms with Crippen molar-refractivity contribution in [2.24, 2.45) is 0 Å². The van der Waals surface area contributed by atoms with Crippen molar-refractivity contribution >= 4 is 0 Å². The summed E-state index contributed by atoms with van der Waals surface area (Å²) in [4.78, 5) is 11.8. The summed E-state index contributed by atoms with van der Waals surface area (Å²) in [5, 5.41) is 6.42.